The lowest BCUT2D eigenvalue weighted by Gasteiger charge is -2.41. The van der Waals surface area contributed by atoms with Crippen molar-refractivity contribution in [1.82, 2.24) is 20.9 Å². The van der Waals surface area contributed by atoms with Crippen LogP contribution >= 0.6 is 0 Å². The second-order valence-electron chi connectivity index (χ2n) is 4.52. The highest BCUT2D eigenvalue weighted by Gasteiger charge is 2.32. The Morgan fingerprint density at radius 1 is 1.25 bits per heavy atom. The summed E-state index contributed by atoms with van der Waals surface area (Å²) >= 11 is 0. The van der Waals surface area contributed by atoms with Crippen LogP contribution in [0.1, 0.15) is 13.3 Å². The minimum Gasteiger partial charge on any atom is -0.474 e. The number of allylic oxidation sites excluding steroid dienone is 1. The molecule has 3 rings (SSSR count). The van der Waals surface area contributed by atoms with Crippen molar-refractivity contribution in [3.05, 3.63) is 23.2 Å². The molecule has 0 spiro atoms. The maximum Gasteiger partial charge on any atom is 0.235 e. The summed E-state index contributed by atoms with van der Waals surface area (Å²) < 4.78 is 5.71. The lowest BCUT2D eigenvalue weighted by atomic mass is 9.98. The maximum absolute atomic E-state index is 5.71. The van der Waals surface area contributed by atoms with Crippen molar-refractivity contribution in [2.45, 2.75) is 13.3 Å². The van der Waals surface area contributed by atoms with E-state index in [4.69, 9.17) is 4.74 Å². The molecule has 1 atom stereocenters. The van der Waals surface area contributed by atoms with Crippen LogP contribution in [-0.4, -0.2) is 31.6 Å². The monoisotopic (exact) mass is 222 g/mol. The van der Waals surface area contributed by atoms with Gasteiger partial charge >= 0.3 is 0 Å². The Labute approximate surface area is 95.5 Å². The van der Waals surface area contributed by atoms with Crippen molar-refractivity contribution in [2.75, 3.05) is 26.7 Å². The van der Waals surface area contributed by atoms with Crippen LogP contribution in [0, 0.1) is 5.92 Å². The van der Waals surface area contributed by atoms with Gasteiger partial charge in [0.25, 0.3) is 0 Å². The Hall–Kier alpha value is -1.52. The Morgan fingerprint density at radius 3 is 2.94 bits per heavy atom. The smallest absolute Gasteiger partial charge is 0.235 e. The van der Waals surface area contributed by atoms with Crippen molar-refractivity contribution < 1.29 is 4.74 Å². The van der Waals surface area contributed by atoms with Crippen LogP contribution in [0.15, 0.2) is 23.2 Å². The highest BCUT2D eigenvalue weighted by molar-refractivity contribution is 5.29. The number of ether oxygens (including phenoxy) is 1. The SMILES string of the molecule is CC1CCNC2=C1N(C)C1=C(NCCO1)N2. The molecule has 0 aromatic rings. The molecule has 1 unspecified atom stereocenters. The van der Waals surface area contributed by atoms with Gasteiger partial charge in [0.05, 0.1) is 12.2 Å². The summed E-state index contributed by atoms with van der Waals surface area (Å²) in [6.07, 6.45) is 1.17. The van der Waals surface area contributed by atoms with Gasteiger partial charge in [-0.25, -0.2) is 0 Å². The largest absolute Gasteiger partial charge is 0.474 e. The summed E-state index contributed by atoms with van der Waals surface area (Å²) in [5.74, 6) is 3.58. The molecule has 5 nitrogen and oxygen atoms in total. The van der Waals surface area contributed by atoms with Gasteiger partial charge in [-0.15, -0.1) is 0 Å². The Bertz CT molecular complexity index is 374. The number of nitrogens with one attached hydrogen (secondary N) is 3. The van der Waals surface area contributed by atoms with E-state index in [1.165, 1.54) is 12.1 Å². The molecule has 0 aliphatic carbocycles. The maximum atomic E-state index is 5.71. The van der Waals surface area contributed by atoms with E-state index in [-0.39, 0.29) is 0 Å². The van der Waals surface area contributed by atoms with Crippen LogP contribution in [0.4, 0.5) is 0 Å². The molecule has 88 valence electrons. The van der Waals surface area contributed by atoms with Crippen LogP contribution in [0.2, 0.25) is 0 Å². The predicted molar refractivity (Wildman–Crippen MR) is 60.7 cm³/mol. The summed E-state index contributed by atoms with van der Waals surface area (Å²) in [4.78, 5) is 2.16. The summed E-state index contributed by atoms with van der Waals surface area (Å²) in [5, 5.41) is 10.1. The van der Waals surface area contributed by atoms with Gasteiger partial charge in [-0.1, -0.05) is 6.92 Å². The summed E-state index contributed by atoms with van der Waals surface area (Å²) in [6, 6.07) is 0. The van der Waals surface area contributed by atoms with Gasteiger partial charge in [-0.2, -0.15) is 0 Å². The fraction of sp³-hybridized carbons (Fsp3) is 0.636. The third-order valence-electron chi connectivity index (χ3n) is 3.37. The first-order valence-corrected chi connectivity index (χ1v) is 5.87. The number of nitrogens with zero attached hydrogens (tertiary/aromatic N) is 1. The zero-order chi connectivity index (χ0) is 11.1. The Morgan fingerprint density at radius 2 is 2.06 bits per heavy atom. The summed E-state index contributed by atoms with van der Waals surface area (Å²) in [5.41, 5.74) is 1.30. The first-order chi connectivity index (χ1) is 7.77. The molecular weight excluding hydrogens is 204 g/mol. The van der Waals surface area contributed by atoms with Gasteiger partial charge in [0, 0.05) is 19.5 Å². The van der Waals surface area contributed by atoms with Gasteiger partial charge in [-0.05, 0) is 6.42 Å². The molecule has 0 aromatic carbocycles. The molecule has 3 heterocycles. The number of hydrogen-bond donors (Lipinski definition) is 3. The highest BCUT2D eigenvalue weighted by atomic mass is 16.5. The van der Waals surface area contributed by atoms with Crippen molar-refractivity contribution in [3.8, 4) is 0 Å². The van der Waals surface area contributed by atoms with Gasteiger partial charge in [0.2, 0.25) is 5.88 Å². The second kappa shape index (κ2) is 3.50. The van der Waals surface area contributed by atoms with Crippen molar-refractivity contribution in [1.29, 1.82) is 0 Å². The lowest BCUT2D eigenvalue weighted by molar-refractivity contribution is 0.105. The van der Waals surface area contributed by atoms with E-state index in [1.807, 2.05) is 0 Å². The van der Waals surface area contributed by atoms with Crippen LogP contribution in [0.25, 0.3) is 0 Å². The van der Waals surface area contributed by atoms with Crippen LogP contribution < -0.4 is 16.0 Å². The Kier molecular flexibility index (Phi) is 2.12. The quantitative estimate of drug-likeness (QED) is 0.541. The molecule has 0 bridgehead atoms. The number of rotatable bonds is 0. The van der Waals surface area contributed by atoms with E-state index in [9.17, 15) is 0 Å². The zero-order valence-corrected chi connectivity index (χ0v) is 9.76. The van der Waals surface area contributed by atoms with E-state index in [0.29, 0.717) is 5.92 Å². The molecule has 3 aliphatic heterocycles. The standard InChI is InChI=1S/C11H18N4O/c1-7-3-4-12-9-8(7)15(2)11-10(14-9)13-5-6-16-11/h7,12-14H,3-6H2,1-2H3. The fourth-order valence-corrected chi connectivity index (χ4v) is 2.56. The topological polar surface area (TPSA) is 48.6 Å². The third kappa shape index (κ3) is 1.31. The number of hydrogen-bond acceptors (Lipinski definition) is 5. The molecule has 0 radical (unpaired) electrons. The normalized spacial score (nSPS) is 28.4. The predicted octanol–water partition coefficient (Wildman–Crippen LogP) is 0.0663. The van der Waals surface area contributed by atoms with Crippen molar-refractivity contribution >= 4 is 0 Å². The average Bonchev–Trinajstić information content (AvgIpc) is 2.29. The van der Waals surface area contributed by atoms with Crippen LogP contribution in [-0.2, 0) is 4.74 Å². The van der Waals surface area contributed by atoms with Crippen LogP contribution in [0.3, 0.4) is 0 Å². The van der Waals surface area contributed by atoms with Gasteiger partial charge < -0.3 is 25.6 Å². The molecule has 0 saturated heterocycles. The van der Waals surface area contributed by atoms with E-state index >= 15 is 0 Å². The van der Waals surface area contributed by atoms with Gasteiger partial charge in [0.1, 0.15) is 12.4 Å². The second-order valence-corrected chi connectivity index (χ2v) is 4.52. The fourth-order valence-electron chi connectivity index (χ4n) is 2.56. The molecule has 16 heavy (non-hydrogen) atoms. The Balaban J connectivity index is 1.96. The van der Waals surface area contributed by atoms with E-state index in [2.05, 4.69) is 34.8 Å². The minimum atomic E-state index is 0.563. The molecule has 0 aromatic heterocycles. The molecule has 0 fully saturated rings. The first kappa shape index (κ1) is 9.69. The summed E-state index contributed by atoms with van der Waals surface area (Å²) in [7, 11) is 2.07. The highest BCUT2D eigenvalue weighted by Crippen LogP contribution is 2.31. The molecule has 0 amide bonds. The van der Waals surface area contributed by atoms with Gasteiger partial charge in [-0.3, -0.25) is 0 Å². The summed E-state index contributed by atoms with van der Waals surface area (Å²) in [6.45, 7) is 4.88. The van der Waals surface area contributed by atoms with E-state index < -0.39 is 0 Å². The van der Waals surface area contributed by atoms with Crippen molar-refractivity contribution in [3.63, 3.8) is 0 Å². The van der Waals surface area contributed by atoms with E-state index in [0.717, 1.165) is 37.2 Å². The molecule has 0 saturated carbocycles. The average molecular weight is 222 g/mol. The molecule has 5 heteroatoms. The van der Waals surface area contributed by atoms with Gasteiger partial charge in [0.15, 0.2) is 5.82 Å². The molecule has 3 N–H and O–H groups in total. The molecule has 3 aliphatic rings. The third-order valence-corrected chi connectivity index (χ3v) is 3.37. The zero-order valence-electron chi connectivity index (χ0n) is 9.76. The van der Waals surface area contributed by atoms with E-state index in [1.54, 1.807) is 0 Å². The minimum absolute atomic E-state index is 0.563. The van der Waals surface area contributed by atoms with Crippen LogP contribution in [0.5, 0.6) is 0 Å². The first-order valence-electron chi connectivity index (χ1n) is 5.87. The van der Waals surface area contributed by atoms with Crippen molar-refractivity contribution in [2.24, 2.45) is 5.92 Å². The lowest BCUT2D eigenvalue weighted by Crippen LogP contribution is -2.49. The molecular formula is C11H18N4O.